The van der Waals surface area contributed by atoms with Gasteiger partial charge in [0.15, 0.2) is 0 Å². The van der Waals surface area contributed by atoms with Crippen LogP contribution in [-0.2, 0) is 4.74 Å². The first-order chi connectivity index (χ1) is 20.1. The van der Waals surface area contributed by atoms with Gasteiger partial charge in [0.2, 0.25) is 0 Å². The van der Waals surface area contributed by atoms with Crippen LogP contribution in [0.4, 0.5) is 4.79 Å². The van der Waals surface area contributed by atoms with Gasteiger partial charge in [-0.2, -0.15) is 15.8 Å². The Hall–Kier alpha value is -5.91. The average Bonchev–Trinajstić information content (AvgIpc) is 3.06. The minimum atomic E-state index is -0.474. The van der Waals surface area contributed by atoms with Crippen molar-refractivity contribution in [3.8, 4) is 18.2 Å². The molecule has 8 nitrogen and oxygen atoms in total. The van der Waals surface area contributed by atoms with Crippen LogP contribution < -0.4 is 5.32 Å². The summed E-state index contributed by atoms with van der Waals surface area (Å²) in [6, 6.07) is 29.5. The van der Waals surface area contributed by atoms with Gasteiger partial charge in [-0.05, 0) is 36.4 Å². The molecule has 2 atom stereocenters. The zero-order valence-electron chi connectivity index (χ0n) is 22.5. The minimum Gasteiger partial charge on any atom is -0.449 e. The highest BCUT2D eigenvalue weighted by Crippen LogP contribution is 2.29. The van der Waals surface area contributed by atoms with E-state index >= 15 is 0 Å². The van der Waals surface area contributed by atoms with Crippen molar-refractivity contribution < 1.29 is 9.53 Å². The Kier molecular flexibility index (Phi) is 11.7. The molecule has 2 aliphatic heterocycles. The lowest BCUT2D eigenvalue weighted by Gasteiger charge is -2.22. The molecule has 3 heterocycles. The van der Waals surface area contributed by atoms with E-state index in [1.54, 1.807) is 37.7 Å². The summed E-state index contributed by atoms with van der Waals surface area (Å²) in [5, 5.41) is 29.3. The number of amides is 1. The summed E-state index contributed by atoms with van der Waals surface area (Å²) in [5.74, 6) is -0.0145. The molecule has 0 bridgehead atoms. The highest BCUT2D eigenvalue weighted by atomic mass is 16.5. The van der Waals surface area contributed by atoms with E-state index in [2.05, 4.69) is 22.4 Å². The second-order valence-electron chi connectivity index (χ2n) is 8.51. The van der Waals surface area contributed by atoms with Crippen LogP contribution in [0.2, 0.25) is 0 Å². The quantitative estimate of drug-likeness (QED) is 0.407. The first kappa shape index (κ1) is 29.6. The van der Waals surface area contributed by atoms with Crippen molar-refractivity contribution in [1.82, 2.24) is 15.2 Å². The molecule has 0 radical (unpaired) electrons. The van der Waals surface area contributed by atoms with Crippen molar-refractivity contribution in [2.24, 2.45) is 0 Å². The maximum atomic E-state index is 11.6. The molecule has 1 amide bonds. The minimum absolute atomic E-state index is 0.0995. The number of nitriles is 3. The molecule has 5 rings (SSSR count). The standard InChI is InChI=1S/C15H14N2O2.C12H10N2.C6H4N2/c1-2-19-15(18)17-9-8-14(13(10-16)11-17)12-6-4-3-5-7-12;13-8-11-9-14-7-6-12(11)10-4-2-1-3-5-10;7-4-6-2-1-3-8-5-6/h3-9,11,14H,2H2,1H3;1-7,9,12,14H;1-3,5H. The van der Waals surface area contributed by atoms with E-state index in [-0.39, 0.29) is 11.8 Å². The summed E-state index contributed by atoms with van der Waals surface area (Å²) in [6.07, 6.45) is 13.3. The number of hydrogen-bond donors (Lipinski definition) is 1. The number of allylic oxidation sites excluding steroid dienone is 4. The molecule has 0 fully saturated rings. The first-order valence-electron chi connectivity index (χ1n) is 12.8. The van der Waals surface area contributed by atoms with Crippen LogP contribution in [0, 0.1) is 34.0 Å². The number of nitrogens with zero attached hydrogens (tertiary/aromatic N) is 5. The lowest BCUT2D eigenvalue weighted by Crippen LogP contribution is -2.24. The average molecular weight is 541 g/mol. The lowest BCUT2D eigenvalue weighted by atomic mass is 9.91. The van der Waals surface area contributed by atoms with Gasteiger partial charge < -0.3 is 10.1 Å². The molecule has 2 unspecified atom stereocenters. The molecular weight excluding hydrogens is 512 g/mol. The monoisotopic (exact) mass is 540 g/mol. The van der Waals surface area contributed by atoms with E-state index in [0.29, 0.717) is 17.7 Å². The van der Waals surface area contributed by atoms with Gasteiger partial charge in [-0.15, -0.1) is 0 Å². The Morgan fingerprint density at radius 2 is 1.51 bits per heavy atom. The number of aromatic nitrogens is 1. The number of pyridine rings is 1. The van der Waals surface area contributed by atoms with Crippen LogP contribution in [0.1, 0.15) is 35.4 Å². The highest BCUT2D eigenvalue weighted by molar-refractivity contribution is 5.71. The van der Waals surface area contributed by atoms with Crippen molar-refractivity contribution in [2.45, 2.75) is 18.8 Å². The maximum Gasteiger partial charge on any atom is 0.417 e. The summed E-state index contributed by atoms with van der Waals surface area (Å²) in [6.45, 7) is 2.05. The van der Waals surface area contributed by atoms with Crippen LogP contribution >= 0.6 is 0 Å². The normalized spacial score (nSPS) is 16.3. The van der Waals surface area contributed by atoms with Crippen LogP contribution in [0.3, 0.4) is 0 Å². The Labute approximate surface area is 240 Å². The number of dihydropyridines is 1. The molecule has 2 aliphatic rings. The molecule has 0 saturated heterocycles. The molecule has 3 aromatic rings. The predicted molar refractivity (Wildman–Crippen MR) is 155 cm³/mol. The van der Waals surface area contributed by atoms with Crippen molar-refractivity contribution in [1.29, 1.82) is 15.8 Å². The van der Waals surface area contributed by atoms with Gasteiger partial charge in [0.1, 0.15) is 6.07 Å². The number of benzene rings is 2. The predicted octanol–water partition coefficient (Wildman–Crippen LogP) is 6.41. The molecule has 2 aromatic carbocycles. The smallest absolute Gasteiger partial charge is 0.417 e. The maximum absolute atomic E-state index is 11.6. The third kappa shape index (κ3) is 8.82. The van der Waals surface area contributed by atoms with E-state index in [1.165, 1.54) is 17.3 Å². The summed E-state index contributed by atoms with van der Waals surface area (Å²) >= 11 is 0. The number of rotatable bonds is 3. The molecule has 1 aromatic heterocycles. The Balaban J connectivity index is 0.000000184. The van der Waals surface area contributed by atoms with Gasteiger partial charge in [-0.1, -0.05) is 72.8 Å². The van der Waals surface area contributed by atoms with Crippen molar-refractivity contribution in [3.63, 3.8) is 0 Å². The summed E-state index contributed by atoms with van der Waals surface area (Å²) < 4.78 is 4.90. The Morgan fingerprint density at radius 1 is 0.878 bits per heavy atom. The number of carbonyl (C=O) groups excluding carboxylic acids is 1. The fourth-order valence-electron chi connectivity index (χ4n) is 3.88. The summed E-state index contributed by atoms with van der Waals surface area (Å²) in [7, 11) is 0. The SMILES string of the molecule is CCOC(=O)N1C=CC(c2ccccc2)C(C#N)=C1.N#CC1=CNC=CC1c1ccccc1.N#Cc1cccnc1. The van der Waals surface area contributed by atoms with E-state index in [4.69, 9.17) is 15.3 Å². The fourth-order valence-corrected chi connectivity index (χ4v) is 3.88. The Bertz CT molecular complexity index is 1530. The Morgan fingerprint density at radius 3 is 2.02 bits per heavy atom. The number of nitrogens with one attached hydrogen (secondary N) is 1. The van der Waals surface area contributed by atoms with Crippen molar-refractivity contribution in [2.75, 3.05) is 6.61 Å². The van der Waals surface area contributed by atoms with Gasteiger partial charge in [-0.3, -0.25) is 9.88 Å². The topological polar surface area (TPSA) is 126 Å². The molecule has 202 valence electrons. The molecule has 8 heteroatoms. The summed E-state index contributed by atoms with van der Waals surface area (Å²) in [5.41, 5.74) is 4.04. The van der Waals surface area contributed by atoms with E-state index in [1.807, 2.05) is 85.1 Å². The molecule has 0 saturated carbocycles. The zero-order chi connectivity index (χ0) is 29.3. The third-order valence-corrected chi connectivity index (χ3v) is 5.86. The number of ether oxygens (including phenoxy) is 1. The van der Waals surface area contributed by atoms with Gasteiger partial charge in [0.05, 0.1) is 35.5 Å². The molecular formula is C33H28N6O2. The molecule has 41 heavy (non-hydrogen) atoms. The first-order valence-corrected chi connectivity index (χ1v) is 12.8. The third-order valence-electron chi connectivity index (χ3n) is 5.86. The highest BCUT2D eigenvalue weighted by Gasteiger charge is 2.22. The largest absolute Gasteiger partial charge is 0.449 e. The van der Waals surface area contributed by atoms with Gasteiger partial charge in [0.25, 0.3) is 0 Å². The molecule has 0 spiro atoms. The fraction of sp³-hybridized carbons (Fsp3) is 0.121. The van der Waals surface area contributed by atoms with Crippen LogP contribution in [-0.4, -0.2) is 22.6 Å². The van der Waals surface area contributed by atoms with Gasteiger partial charge in [0, 0.05) is 42.8 Å². The second-order valence-corrected chi connectivity index (χ2v) is 8.51. The number of hydrogen-bond acceptors (Lipinski definition) is 7. The van der Waals surface area contributed by atoms with E-state index < -0.39 is 6.09 Å². The van der Waals surface area contributed by atoms with E-state index in [9.17, 15) is 10.1 Å². The van der Waals surface area contributed by atoms with E-state index in [0.717, 1.165) is 16.7 Å². The van der Waals surface area contributed by atoms with Crippen LogP contribution in [0.25, 0.3) is 0 Å². The number of carbonyl (C=O) groups is 1. The second kappa shape index (κ2) is 16.1. The van der Waals surface area contributed by atoms with Crippen LogP contribution in [0.5, 0.6) is 0 Å². The molecule has 0 aliphatic carbocycles. The lowest BCUT2D eigenvalue weighted by molar-refractivity contribution is 0.133. The van der Waals surface area contributed by atoms with Crippen molar-refractivity contribution in [3.05, 3.63) is 150 Å². The van der Waals surface area contributed by atoms with Gasteiger partial charge >= 0.3 is 6.09 Å². The van der Waals surface area contributed by atoms with Crippen molar-refractivity contribution >= 4 is 6.09 Å². The molecule has 1 N–H and O–H groups in total. The van der Waals surface area contributed by atoms with Gasteiger partial charge in [-0.25, -0.2) is 4.79 Å². The van der Waals surface area contributed by atoms with Crippen LogP contribution in [0.15, 0.2) is 133 Å². The zero-order valence-corrected chi connectivity index (χ0v) is 22.5. The summed E-state index contributed by atoms with van der Waals surface area (Å²) in [4.78, 5) is 16.6.